The molecule has 0 bridgehead atoms. The van der Waals surface area contributed by atoms with Crippen LogP contribution in [0.25, 0.3) is 10.9 Å². The Kier molecular flexibility index (Phi) is 3.03. The quantitative estimate of drug-likeness (QED) is 0.907. The first-order valence-corrected chi connectivity index (χ1v) is 5.91. The van der Waals surface area contributed by atoms with Crippen molar-refractivity contribution in [2.24, 2.45) is 7.05 Å². The number of fused-ring (bicyclic) bond motifs is 1. The fraction of sp³-hybridized carbons (Fsp3) is 0.357. The van der Waals surface area contributed by atoms with Crippen LogP contribution in [0, 0.1) is 6.92 Å². The predicted molar refractivity (Wildman–Crippen MR) is 70.5 cm³/mol. The third kappa shape index (κ3) is 1.56. The Hall–Kier alpha value is -1.97. The SMILES string of the molecule is CCc1c(C(=O)O)n(C)c2c(OC)ccc(C)c12. The highest BCUT2D eigenvalue weighted by Gasteiger charge is 2.22. The van der Waals surface area contributed by atoms with E-state index in [2.05, 4.69) is 0 Å². The number of aromatic carboxylic acids is 1. The maximum Gasteiger partial charge on any atom is 0.352 e. The van der Waals surface area contributed by atoms with E-state index in [1.807, 2.05) is 26.0 Å². The van der Waals surface area contributed by atoms with Gasteiger partial charge < -0.3 is 14.4 Å². The average molecular weight is 247 g/mol. The minimum Gasteiger partial charge on any atom is -0.495 e. The second-order valence-corrected chi connectivity index (χ2v) is 4.35. The van der Waals surface area contributed by atoms with Gasteiger partial charge in [0.15, 0.2) is 0 Å². The van der Waals surface area contributed by atoms with Crippen LogP contribution >= 0.6 is 0 Å². The first-order chi connectivity index (χ1) is 8.52. The molecule has 18 heavy (non-hydrogen) atoms. The van der Waals surface area contributed by atoms with Gasteiger partial charge in [-0.15, -0.1) is 0 Å². The van der Waals surface area contributed by atoms with Crippen LogP contribution < -0.4 is 4.74 Å². The molecule has 0 aliphatic heterocycles. The largest absolute Gasteiger partial charge is 0.495 e. The molecule has 0 aliphatic carbocycles. The second-order valence-electron chi connectivity index (χ2n) is 4.35. The van der Waals surface area contributed by atoms with Crippen LogP contribution in [0.15, 0.2) is 12.1 Å². The summed E-state index contributed by atoms with van der Waals surface area (Å²) in [4.78, 5) is 11.4. The number of carboxylic acids is 1. The molecule has 0 amide bonds. The Morgan fingerprint density at radius 3 is 2.61 bits per heavy atom. The van der Waals surface area contributed by atoms with E-state index in [9.17, 15) is 9.90 Å². The molecule has 0 spiro atoms. The third-order valence-electron chi connectivity index (χ3n) is 3.38. The Morgan fingerprint density at radius 1 is 1.44 bits per heavy atom. The lowest BCUT2D eigenvalue weighted by Gasteiger charge is -2.06. The van der Waals surface area contributed by atoms with Gasteiger partial charge in [-0.2, -0.15) is 0 Å². The van der Waals surface area contributed by atoms with Crippen LogP contribution in [0.5, 0.6) is 5.75 Å². The van der Waals surface area contributed by atoms with E-state index in [1.54, 1.807) is 18.7 Å². The smallest absolute Gasteiger partial charge is 0.352 e. The summed E-state index contributed by atoms with van der Waals surface area (Å²) in [6.07, 6.45) is 0.687. The van der Waals surface area contributed by atoms with Gasteiger partial charge in [-0.3, -0.25) is 0 Å². The lowest BCUT2D eigenvalue weighted by Crippen LogP contribution is -2.07. The Morgan fingerprint density at radius 2 is 2.11 bits per heavy atom. The number of benzene rings is 1. The van der Waals surface area contributed by atoms with E-state index in [4.69, 9.17) is 4.74 Å². The first kappa shape index (κ1) is 12.5. The van der Waals surface area contributed by atoms with Crippen LogP contribution in [0.4, 0.5) is 0 Å². The first-order valence-electron chi connectivity index (χ1n) is 5.91. The van der Waals surface area contributed by atoms with Crippen molar-refractivity contribution in [1.82, 2.24) is 4.57 Å². The number of carboxylic acid groups (broad SMARTS) is 1. The Labute approximate surface area is 106 Å². The molecule has 1 N–H and O–H groups in total. The van der Waals surface area contributed by atoms with Gasteiger partial charge >= 0.3 is 5.97 Å². The van der Waals surface area contributed by atoms with Gasteiger partial charge in [0.05, 0.1) is 12.6 Å². The zero-order valence-electron chi connectivity index (χ0n) is 11.1. The van der Waals surface area contributed by atoms with E-state index >= 15 is 0 Å². The zero-order chi connectivity index (χ0) is 13.4. The molecule has 1 heterocycles. The van der Waals surface area contributed by atoms with Crippen LogP contribution in [-0.2, 0) is 13.5 Å². The molecule has 2 rings (SSSR count). The number of carbonyl (C=O) groups is 1. The fourth-order valence-electron chi connectivity index (χ4n) is 2.60. The van der Waals surface area contributed by atoms with E-state index in [-0.39, 0.29) is 0 Å². The minimum atomic E-state index is -0.896. The van der Waals surface area contributed by atoms with Crippen molar-refractivity contribution >= 4 is 16.9 Å². The molecule has 0 aliphatic rings. The molecule has 1 aromatic heterocycles. The van der Waals surface area contributed by atoms with Gasteiger partial charge in [0.25, 0.3) is 0 Å². The molecule has 4 heteroatoms. The van der Waals surface area contributed by atoms with E-state index in [0.29, 0.717) is 17.9 Å². The van der Waals surface area contributed by atoms with Gasteiger partial charge in [-0.25, -0.2) is 4.79 Å². The Balaban J connectivity index is 3.01. The molecular weight excluding hydrogens is 230 g/mol. The number of ether oxygens (including phenoxy) is 1. The predicted octanol–water partition coefficient (Wildman–Crippen LogP) is 2.76. The molecule has 0 atom stereocenters. The molecule has 0 saturated heterocycles. The summed E-state index contributed by atoms with van der Waals surface area (Å²) in [6.45, 7) is 3.96. The Bertz CT molecular complexity index is 626. The summed E-state index contributed by atoms with van der Waals surface area (Å²) in [7, 11) is 3.37. The maximum absolute atomic E-state index is 11.4. The summed E-state index contributed by atoms with van der Waals surface area (Å²) in [5.74, 6) is -0.188. The maximum atomic E-state index is 11.4. The highest BCUT2D eigenvalue weighted by Crippen LogP contribution is 2.34. The van der Waals surface area contributed by atoms with Crippen LogP contribution in [0.1, 0.15) is 28.5 Å². The van der Waals surface area contributed by atoms with Gasteiger partial charge in [0.1, 0.15) is 11.4 Å². The molecule has 0 saturated carbocycles. The van der Waals surface area contributed by atoms with Gasteiger partial charge in [-0.1, -0.05) is 13.0 Å². The van der Waals surface area contributed by atoms with Gasteiger partial charge in [0, 0.05) is 12.4 Å². The highest BCUT2D eigenvalue weighted by molar-refractivity contribution is 6.01. The molecule has 2 aromatic rings. The molecule has 1 aromatic carbocycles. The number of aryl methyl sites for hydroxylation is 3. The van der Waals surface area contributed by atoms with Crippen molar-refractivity contribution in [2.45, 2.75) is 20.3 Å². The molecule has 96 valence electrons. The van der Waals surface area contributed by atoms with Crippen molar-refractivity contribution in [1.29, 1.82) is 0 Å². The standard InChI is InChI=1S/C14H17NO3/c1-5-9-11-8(2)6-7-10(18-4)13(11)15(3)12(9)14(16)17/h6-7H,5H2,1-4H3,(H,16,17). The van der Waals surface area contributed by atoms with Crippen molar-refractivity contribution in [3.05, 3.63) is 29.0 Å². The lowest BCUT2D eigenvalue weighted by atomic mass is 10.0. The summed E-state index contributed by atoms with van der Waals surface area (Å²) < 4.78 is 7.05. The fourth-order valence-corrected chi connectivity index (χ4v) is 2.60. The number of methoxy groups -OCH3 is 1. The topological polar surface area (TPSA) is 51.5 Å². The number of nitrogens with zero attached hydrogens (tertiary/aromatic N) is 1. The monoisotopic (exact) mass is 247 g/mol. The summed E-state index contributed by atoms with van der Waals surface area (Å²) in [5, 5.41) is 10.4. The van der Waals surface area contributed by atoms with Crippen LogP contribution in [-0.4, -0.2) is 22.8 Å². The lowest BCUT2D eigenvalue weighted by molar-refractivity contribution is 0.0686. The van der Waals surface area contributed by atoms with Crippen molar-refractivity contribution in [3.8, 4) is 5.75 Å². The molecule has 0 unspecified atom stereocenters. The zero-order valence-corrected chi connectivity index (χ0v) is 11.1. The summed E-state index contributed by atoms with van der Waals surface area (Å²) in [6, 6.07) is 3.84. The van der Waals surface area contributed by atoms with E-state index in [1.165, 1.54) is 0 Å². The minimum absolute atomic E-state index is 0.347. The average Bonchev–Trinajstić information content (AvgIpc) is 2.64. The number of hydrogen-bond donors (Lipinski definition) is 1. The van der Waals surface area contributed by atoms with Crippen molar-refractivity contribution in [3.63, 3.8) is 0 Å². The molecular formula is C14H17NO3. The normalized spacial score (nSPS) is 10.9. The number of rotatable bonds is 3. The van der Waals surface area contributed by atoms with Gasteiger partial charge in [0.2, 0.25) is 0 Å². The summed E-state index contributed by atoms with van der Waals surface area (Å²) in [5.41, 5.74) is 3.15. The van der Waals surface area contributed by atoms with Crippen molar-refractivity contribution in [2.75, 3.05) is 7.11 Å². The second kappa shape index (κ2) is 4.37. The van der Waals surface area contributed by atoms with Crippen molar-refractivity contribution < 1.29 is 14.6 Å². The van der Waals surface area contributed by atoms with E-state index in [0.717, 1.165) is 22.0 Å². The molecule has 4 nitrogen and oxygen atoms in total. The van der Waals surface area contributed by atoms with Crippen LogP contribution in [0.2, 0.25) is 0 Å². The van der Waals surface area contributed by atoms with E-state index < -0.39 is 5.97 Å². The third-order valence-corrected chi connectivity index (χ3v) is 3.38. The highest BCUT2D eigenvalue weighted by atomic mass is 16.5. The number of aromatic nitrogens is 1. The molecule has 0 fully saturated rings. The van der Waals surface area contributed by atoms with Gasteiger partial charge in [-0.05, 0) is 30.5 Å². The number of hydrogen-bond acceptors (Lipinski definition) is 2. The molecule has 0 radical (unpaired) electrons. The van der Waals surface area contributed by atoms with Crippen LogP contribution in [0.3, 0.4) is 0 Å². The summed E-state index contributed by atoms with van der Waals surface area (Å²) >= 11 is 0.